The van der Waals surface area contributed by atoms with Crippen molar-refractivity contribution in [2.24, 2.45) is 11.1 Å². The second kappa shape index (κ2) is 4.34. The normalized spacial score (nSPS) is 25.4. The van der Waals surface area contributed by atoms with E-state index >= 15 is 0 Å². The molecule has 1 amide bonds. The summed E-state index contributed by atoms with van der Waals surface area (Å²) in [6.07, 6.45) is 6.56. The Morgan fingerprint density at radius 2 is 1.88 bits per heavy atom. The van der Waals surface area contributed by atoms with Gasteiger partial charge in [0.2, 0.25) is 5.91 Å². The highest BCUT2D eigenvalue weighted by atomic mass is 16.3. The first-order chi connectivity index (χ1) is 7.58. The Hall–Kier alpha value is -0.610. The summed E-state index contributed by atoms with van der Waals surface area (Å²) >= 11 is 0. The first-order valence-corrected chi connectivity index (χ1v) is 6.27. The van der Waals surface area contributed by atoms with Gasteiger partial charge in [-0.2, -0.15) is 0 Å². The molecule has 4 N–H and O–H groups in total. The summed E-state index contributed by atoms with van der Waals surface area (Å²) in [6.45, 7) is 1.01. The second-order valence-electron chi connectivity index (χ2n) is 5.59. The summed E-state index contributed by atoms with van der Waals surface area (Å²) in [5, 5.41) is 12.7. The number of carbonyl (C=O) groups is 1. The van der Waals surface area contributed by atoms with Gasteiger partial charge in [-0.1, -0.05) is 6.42 Å². The third-order valence-electron chi connectivity index (χ3n) is 4.28. The molecule has 0 spiro atoms. The van der Waals surface area contributed by atoms with E-state index in [0.29, 0.717) is 19.5 Å². The highest BCUT2D eigenvalue weighted by molar-refractivity contribution is 5.77. The minimum Gasteiger partial charge on any atom is -0.388 e. The van der Waals surface area contributed by atoms with Crippen molar-refractivity contribution in [3.63, 3.8) is 0 Å². The van der Waals surface area contributed by atoms with Gasteiger partial charge in [-0.15, -0.1) is 0 Å². The predicted molar refractivity (Wildman–Crippen MR) is 61.8 cm³/mol. The molecule has 4 nitrogen and oxygen atoms in total. The van der Waals surface area contributed by atoms with Gasteiger partial charge in [-0.05, 0) is 44.1 Å². The number of hydrogen-bond donors (Lipinski definition) is 3. The minimum atomic E-state index is -0.620. The Morgan fingerprint density at radius 1 is 1.25 bits per heavy atom. The fourth-order valence-corrected chi connectivity index (χ4v) is 2.56. The largest absolute Gasteiger partial charge is 0.388 e. The zero-order valence-electron chi connectivity index (χ0n) is 9.80. The van der Waals surface area contributed by atoms with Crippen LogP contribution in [0.3, 0.4) is 0 Å². The summed E-state index contributed by atoms with van der Waals surface area (Å²) in [5.41, 5.74) is 5.15. The molecule has 2 aliphatic rings. The van der Waals surface area contributed by atoms with Gasteiger partial charge in [0.15, 0.2) is 0 Å². The first kappa shape index (κ1) is 11.9. The zero-order chi connectivity index (χ0) is 11.6. The van der Waals surface area contributed by atoms with Crippen LogP contribution in [0, 0.1) is 5.41 Å². The maximum Gasteiger partial charge on any atom is 0.220 e. The molecule has 2 fully saturated rings. The smallest absolute Gasteiger partial charge is 0.220 e. The number of nitrogens with two attached hydrogens (primary N) is 1. The molecule has 92 valence electrons. The van der Waals surface area contributed by atoms with E-state index in [1.54, 1.807) is 0 Å². The maximum atomic E-state index is 11.7. The summed E-state index contributed by atoms with van der Waals surface area (Å²) in [4.78, 5) is 11.7. The van der Waals surface area contributed by atoms with Crippen molar-refractivity contribution in [1.29, 1.82) is 0 Å². The fraction of sp³-hybridized carbons (Fsp3) is 0.917. The van der Waals surface area contributed by atoms with Crippen LogP contribution in [-0.4, -0.2) is 29.7 Å². The van der Waals surface area contributed by atoms with Crippen molar-refractivity contribution in [2.45, 2.75) is 50.5 Å². The molecule has 0 aromatic rings. The molecular weight excluding hydrogens is 204 g/mol. The van der Waals surface area contributed by atoms with Gasteiger partial charge in [0.05, 0.1) is 5.60 Å². The lowest BCUT2D eigenvalue weighted by Crippen LogP contribution is -2.49. The van der Waals surface area contributed by atoms with Crippen LogP contribution in [0.5, 0.6) is 0 Å². The third-order valence-corrected chi connectivity index (χ3v) is 4.28. The lowest BCUT2D eigenvalue weighted by Gasteiger charge is -2.41. The van der Waals surface area contributed by atoms with Crippen LogP contribution in [0.2, 0.25) is 0 Å². The number of rotatable bonds is 5. The van der Waals surface area contributed by atoms with E-state index in [2.05, 4.69) is 5.32 Å². The molecule has 0 aliphatic heterocycles. The van der Waals surface area contributed by atoms with Gasteiger partial charge in [-0.3, -0.25) is 4.79 Å². The van der Waals surface area contributed by atoms with Crippen LogP contribution in [0.15, 0.2) is 0 Å². The van der Waals surface area contributed by atoms with E-state index < -0.39 is 5.60 Å². The topological polar surface area (TPSA) is 75.4 Å². The van der Waals surface area contributed by atoms with Crippen molar-refractivity contribution in [1.82, 2.24) is 5.32 Å². The molecular formula is C12H22N2O2. The maximum absolute atomic E-state index is 11.7. The van der Waals surface area contributed by atoms with Crippen LogP contribution in [0.25, 0.3) is 0 Å². The monoisotopic (exact) mass is 226 g/mol. The van der Waals surface area contributed by atoms with E-state index in [-0.39, 0.29) is 11.3 Å². The molecule has 0 atom stereocenters. The number of aliphatic hydroxyl groups is 1. The standard InChI is InChI=1S/C12H22N2O2/c13-8-11(3-1-4-11)7-10(15)14-9-12(16)5-2-6-12/h16H,1-9,13H2,(H,14,15). The fourth-order valence-electron chi connectivity index (χ4n) is 2.56. The van der Waals surface area contributed by atoms with Gasteiger partial charge in [0, 0.05) is 13.0 Å². The molecule has 0 unspecified atom stereocenters. The molecule has 0 heterocycles. The van der Waals surface area contributed by atoms with Crippen molar-refractivity contribution in [2.75, 3.05) is 13.1 Å². The third kappa shape index (κ3) is 2.38. The summed E-state index contributed by atoms with van der Waals surface area (Å²) < 4.78 is 0. The summed E-state index contributed by atoms with van der Waals surface area (Å²) in [5.74, 6) is 0.0467. The van der Waals surface area contributed by atoms with Gasteiger partial charge in [-0.25, -0.2) is 0 Å². The van der Waals surface area contributed by atoms with Gasteiger partial charge in [0.25, 0.3) is 0 Å². The quantitative estimate of drug-likeness (QED) is 0.640. The van der Waals surface area contributed by atoms with Crippen molar-refractivity contribution in [3.05, 3.63) is 0 Å². The van der Waals surface area contributed by atoms with Crippen LogP contribution in [-0.2, 0) is 4.79 Å². The molecule has 0 saturated heterocycles. The summed E-state index contributed by atoms with van der Waals surface area (Å²) in [7, 11) is 0. The lowest BCUT2D eigenvalue weighted by atomic mass is 9.66. The van der Waals surface area contributed by atoms with Crippen molar-refractivity contribution < 1.29 is 9.90 Å². The number of amides is 1. The Bertz CT molecular complexity index is 265. The zero-order valence-corrected chi connectivity index (χ0v) is 9.80. The first-order valence-electron chi connectivity index (χ1n) is 6.27. The lowest BCUT2D eigenvalue weighted by molar-refractivity contribution is -0.127. The van der Waals surface area contributed by atoms with E-state index in [1.807, 2.05) is 0 Å². The molecule has 16 heavy (non-hydrogen) atoms. The van der Waals surface area contributed by atoms with E-state index in [1.165, 1.54) is 6.42 Å². The van der Waals surface area contributed by atoms with E-state index in [0.717, 1.165) is 32.1 Å². The van der Waals surface area contributed by atoms with Crippen LogP contribution in [0.4, 0.5) is 0 Å². The van der Waals surface area contributed by atoms with Gasteiger partial charge >= 0.3 is 0 Å². The molecule has 2 rings (SSSR count). The molecule has 0 aromatic heterocycles. The molecule has 0 bridgehead atoms. The molecule has 2 aliphatic carbocycles. The van der Waals surface area contributed by atoms with Crippen molar-refractivity contribution in [3.8, 4) is 0 Å². The van der Waals surface area contributed by atoms with Crippen LogP contribution in [0.1, 0.15) is 44.9 Å². The van der Waals surface area contributed by atoms with E-state index in [9.17, 15) is 9.90 Å². The van der Waals surface area contributed by atoms with Crippen molar-refractivity contribution >= 4 is 5.91 Å². The molecule has 0 radical (unpaired) electrons. The van der Waals surface area contributed by atoms with Gasteiger partial charge < -0.3 is 16.2 Å². The predicted octanol–water partition coefficient (Wildman–Crippen LogP) is 0.537. The number of hydrogen-bond acceptors (Lipinski definition) is 3. The van der Waals surface area contributed by atoms with Gasteiger partial charge in [0.1, 0.15) is 0 Å². The Labute approximate surface area is 96.6 Å². The molecule has 4 heteroatoms. The Kier molecular flexibility index (Phi) is 3.22. The highest BCUT2D eigenvalue weighted by Crippen LogP contribution is 2.42. The van der Waals surface area contributed by atoms with Crippen LogP contribution >= 0.6 is 0 Å². The number of carbonyl (C=O) groups excluding carboxylic acids is 1. The van der Waals surface area contributed by atoms with Crippen LogP contribution < -0.4 is 11.1 Å². The SMILES string of the molecule is NCC1(CC(=O)NCC2(O)CCC2)CCC1. The second-order valence-corrected chi connectivity index (χ2v) is 5.59. The number of nitrogens with one attached hydrogen (secondary N) is 1. The average molecular weight is 226 g/mol. The molecule has 0 aromatic carbocycles. The molecule has 2 saturated carbocycles. The van der Waals surface area contributed by atoms with E-state index in [4.69, 9.17) is 5.73 Å². The summed E-state index contributed by atoms with van der Waals surface area (Å²) in [6, 6.07) is 0. The minimum absolute atomic E-state index is 0.0467. The Balaban J connectivity index is 1.71. The average Bonchev–Trinajstić information content (AvgIpc) is 2.18. The Morgan fingerprint density at radius 3 is 2.25 bits per heavy atom. The highest BCUT2D eigenvalue weighted by Gasteiger charge is 2.39.